The van der Waals surface area contributed by atoms with Gasteiger partial charge in [0, 0.05) is 6.54 Å². The van der Waals surface area contributed by atoms with Crippen LogP contribution in [0, 0.1) is 5.82 Å². The molecule has 13 heavy (non-hydrogen) atoms. The average molecular weight is 181 g/mol. The zero-order valence-corrected chi connectivity index (χ0v) is 7.53. The van der Waals surface area contributed by atoms with Gasteiger partial charge < -0.3 is 4.79 Å². The van der Waals surface area contributed by atoms with Gasteiger partial charge in [-0.1, -0.05) is 12.1 Å². The summed E-state index contributed by atoms with van der Waals surface area (Å²) in [5.41, 5.74) is 0.879. The largest absolute Gasteiger partial charge is 0.302 e. The number of benzene rings is 1. The van der Waals surface area contributed by atoms with E-state index >= 15 is 0 Å². The fourth-order valence-electron chi connectivity index (χ4n) is 1.14. The Morgan fingerprint density at radius 1 is 1.54 bits per heavy atom. The maximum Gasteiger partial charge on any atom is 0.133 e. The highest BCUT2D eigenvalue weighted by molar-refractivity contribution is 5.51. The van der Waals surface area contributed by atoms with Gasteiger partial charge in [0.2, 0.25) is 0 Å². The highest BCUT2D eigenvalue weighted by Crippen LogP contribution is 2.05. The van der Waals surface area contributed by atoms with Gasteiger partial charge in [0.15, 0.2) is 0 Å². The molecule has 0 aliphatic heterocycles. The van der Waals surface area contributed by atoms with Crippen LogP contribution in [0.5, 0.6) is 0 Å². The molecule has 0 atom stereocenters. The zero-order chi connectivity index (χ0) is 9.68. The molecule has 0 N–H and O–H groups in total. The summed E-state index contributed by atoms with van der Waals surface area (Å²) in [6.45, 7) is 0.965. The van der Waals surface area contributed by atoms with Gasteiger partial charge in [0.05, 0.1) is 6.54 Å². The van der Waals surface area contributed by atoms with Crippen molar-refractivity contribution < 1.29 is 9.18 Å². The van der Waals surface area contributed by atoms with Crippen molar-refractivity contribution in [1.82, 2.24) is 4.90 Å². The van der Waals surface area contributed by atoms with Crippen LogP contribution >= 0.6 is 0 Å². The number of aldehydes is 1. The number of hydrogen-bond donors (Lipinski definition) is 0. The normalized spacial score (nSPS) is 10.4. The lowest BCUT2D eigenvalue weighted by molar-refractivity contribution is -0.108. The zero-order valence-electron chi connectivity index (χ0n) is 7.53. The van der Waals surface area contributed by atoms with Crippen LogP contribution in [0.4, 0.5) is 4.39 Å². The van der Waals surface area contributed by atoms with Crippen molar-refractivity contribution in [2.24, 2.45) is 0 Å². The molecule has 0 aliphatic carbocycles. The van der Waals surface area contributed by atoms with Gasteiger partial charge in [-0.3, -0.25) is 4.90 Å². The molecule has 0 spiro atoms. The van der Waals surface area contributed by atoms with E-state index in [1.807, 2.05) is 18.0 Å². The summed E-state index contributed by atoms with van der Waals surface area (Å²) in [6.07, 6.45) is 0.833. The molecule has 0 amide bonds. The Bertz CT molecular complexity index is 288. The third-order valence-corrected chi connectivity index (χ3v) is 1.73. The molecule has 70 valence electrons. The summed E-state index contributed by atoms with van der Waals surface area (Å²) in [6, 6.07) is 6.38. The predicted octanol–water partition coefficient (Wildman–Crippen LogP) is 1.46. The van der Waals surface area contributed by atoms with E-state index in [2.05, 4.69) is 0 Å². The van der Waals surface area contributed by atoms with Crippen molar-refractivity contribution in [3.8, 4) is 0 Å². The van der Waals surface area contributed by atoms with E-state index in [0.29, 0.717) is 13.1 Å². The first-order valence-electron chi connectivity index (χ1n) is 4.09. The third-order valence-electron chi connectivity index (χ3n) is 1.73. The second kappa shape index (κ2) is 4.72. The van der Waals surface area contributed by atoms with Crippen LogP contribution in [0.15, 0.2) is 24.3 Å². The monoisotopic (exact) mass is 181 g/mol. The number of carbonyl (C=O) groups is 1. The van der Waals surface area contributed by atoms with Crippen molar-refractivity contribution in [3.05, 3.63) is 35.6 Å². The summed E-state index contributed by atoms with van der Waals surface area (Å²) in [5, 5.41) is 0. The van der Waals surface area contributed by atoms with Crippen molar-refractivity contribution in [3.63, 3.8) is 0 Å². The predicted molar refractivity (Wildman–Crippen MR) is 48.8 cm³/mol. The molecule has 0 aliphatic rings. The Labute approximate surface area is 77.0 Å². The number of likely N-dealkylation sites (N-methyl/N-ethyl adjacent to an activating group) is 1. The molecular formula is C10H12FNO. The first kappa shape index (κ1) is 9.86. The smallest absolute Gasteiger partial charge is 0.133 e. The summed E-state index contributed by atoms with van der Waals surface area (Å²) < 4.78 is 12.7. The van der Waals surface area contributed by atoms with Crippen LogP contribution in [0.2, 0.25) is 0 Å². The van der Waals surface area contributed by atoms with Crippen LogP contribution in [-0.4, -0.2) is 24.8 Å². The Morgan fingerprint density at radius 3 is 2.92 bits per heavy atom. The minimum absolute atomic E-state index is 0.239. The van der Waals surface area contributed by atoms with Crippen LogP contribution < -0.4 is 0 Å². The topological polar surface area (TPSA) is 20.3 Å². The lowest BCUT2D eigenvalue weighted by Gasteiger charge is -2.12. The van der Waals surface area contributed by atoms with E-state index in [1.54, 1.807) is 6.07 Å². The van der Waals surface area contributed by atoms with Crippen molar-refractivity contribution in [2.45, 2.75) is 6.54 Å². The fourth-order valence-corrected chi connectivity index (χ4v) is 1.14. The molecule has 1 rings (SSSR count). The van der Waals surface area contributed by atoms with Crippen LogP contribution in [-0.2, 0) is 11.3 Å². The maximum absolute atomic E-state index is 12.7. The van der Waals surface area contributed by atoms with Crippen LogP contribution in [0.25, 0.3) is 0 Å². The maximum atomic E-state index is 12.7. The molecule has 2 nitrogen and oxygen atoms in total. The summed E-state index contributed by atoms with van der Waals surface area (Å²) in [5.74, 6) is -0.239. The molecule has 1 aromatic carbocycles. The molecule has 0 bridgehead atoms. The first-order valence-corrected chi connectivity index (χ1v) is 4.09. The number of carbonyl (C=O) groups excluding carboxylic acids is 1. The van der Waals surface area contributed by atoms with E-state index in [1.165, 1.54) is 12.1 Å². The Morgan fingerprint density at radius 2 is 2.31 bits per heavy atom. The summed E-state index contributed by atoms with van der Waals surface area (Å²) >= 11 is 0. The standard InChI is InChI=1S/C10H12FNO/c1-12(5-6-13)8-9-3-2-4-10(11)7-9/h2-4,6-7H,5,8H2,1H3. The summed E-state index contributed by atoms with van der Waals surface area (Å²) in [7, 11) is 1.82. The Hall–Kier alpha value is -1.22. The second-order valence-corrected chi connectivity index (χ2v) is 2.99. The van der Waals surface area contributed by atoms with Crippen LogP contribution in [0.3, 0.4) is 0 Å². The van der Waals surface area contributed by atoms with Gasteiger partial charge in [-0.25, -0.2) is 4.39 Å². The van der Waals surface area contributed by atoms with Gasteiger partial charge in [-0.15, -0.1) is 0 Å². The van der Waals surface area contributed by atoms with Gasteiger partial charge in [0.1, 0.15) is 12.1 Å². The minimum Gasteiger partial charge on any atom is -0.302 e. The third kappa shape index (κ3) is 3.34. The Kier molecular flexibility index (Phi) is 3.58. The molecule has 0 saturated carbocycles. The molecule has 0 unspecified atom stereocenters. The number of nitrogens with zero attached hydrogens (tertiary/aromatic N) is 1. The van der Waals surface area contributed by atoms with E-state index in [4.69, 9.17) is 0 Å². The van der Waals surface area contributed by atoms with E-state index < -0.39 is 0 Å². The molecule has 0 aromatic heterocycles. The van der Waals surface area contributed by atoms with E-state index in [9.17, 15) is 9.18 Å². The molecule has 0 radical (unpaired) electrons. The Balaban J connectivity index is 2.58. The van der Waals surface area contributed by atoms with E-state index in [-0.39, 0.29) is 5.82 Å². The molecule has 1 aromatic rings. The van der Waals surface area contributed by atoms with Gasteiger partial charge >= 0.3 is 0 Å². The quantitative estimate of drug-likeness (QED) is 0.655. The molecule has 0 fully saturated rings. The number of hydrogen-bond acceptors (Lipinski definition) is 2. The minimum atomic E-state index is -0.239. The second-order valence-electron chi connectivity index (χ2n) is 2.99. The van der Waals surface area contributed by atoms with Crippen molar-refractivity contribution >= 4 is 6.29 Å². The van der Waals surface area contributed by atoms with Crippen molar-refractivity contribution in [1.29, 1.82) is 0 Å². The summed E-state index contributed by atoms with van der Waals surface area (Å²) in [4.78, 5) is 12.0. The molecule has 0 heterocycles. The number of halogens is 1. The van der Waals surface area contributed by atoms with Gasteiger partial charge in [0.25, 0.3) is 0 Å². The SMILES string of the molecule is CN(CC=O)Cc1cccc(F)c1. The lowest BCUT2D eigenvalue weighted by atomic mass is 10.2. The average Bonchev–Trinajstić information content (AvgIpc) is 2.04. The van der Waals surface area contributed by atoms with Gasteiger partial charge in [-0.05, 0) is 24.7 Å². The molecule has 0 saturated heterocycles. The fraction of sp³-hybridized carbons (Fsp3) is 0.300. The molecular weight excluding hydrogens is 169 g/mol. The van der Waals surface area contributed by atoms with E-state index in [0.717, 1.165) is 11.8 Å². The van der Waals surface area contributed by atoms with Crippen LogP contribution in [0.1, 0.15) is 5.56 Å². The van der Waals surface area contributed by atoms with Crippen molar-refractivity contribution in [2.75, 3.05) is 13.6 Å². The van der Waals surface area contributed by atoms with Gasteiger partial charge in [-0.2, -0.15) is 0 Å². The molecule has 3 heteroatoms. The lowest BCUT2D eigenvalue weighted by Crippen LogP contribution is -2.19. The highest BCUT2D eigenvalue weighted by Gasteiger charge is 1.99. The highest BCUT2D eigenvalue weighted by atomic mass is 19.1. The first-order chi connectivity index (χ1) is 6.22. The number of rotatable bonds is 4.